The quantitative estimate of drug-likeness (QED) is 0.765. The molecule has 1 aliphatic heterocycles. The van der Waals surface area contributed by atoms with Crippen molar-refractivity contribution in [2.24, 2.45) is 0 Å². The SMILES string of the molecule is Cc1cncc(C(=O)C2CSCCN2)c1. The lowest BCUT2D eigenvalue weighted by atomic mass is 10.1. The van der Waals surface area contributed by atoms with Gasteiger partial charge in [0, 0.05) is 36.0 Å². The summed E-state index contributed by atoms with van der Waals surface area (Å²) in [5.74, 6) is 2.13. The largest absolute Gasteiger partial charge is 0.306 e. The van der Waals surface area contributed by atoms with Crippen LogP contribution in [-0.2, 0) is 0 Å². The molecule has 0 aromatic carbocycles. The van der Waals surface area contributed by atoms with Gasteiger partial charge in [-0.2, -0.15) is 11.8 Å². The van der Waals surface area contributed by atoms with Crippen molar-refractivity contribution >= 4 is 17.5 Å². The molecule has 1 aliphatic rings. The molecule has 4 heteroatoms. The second-order valence-corrected chi connectivity index (χ2v) is 4.85. The molecule has 2 rings (SSSR count). The first-order valence-electron chi connectivity index (χ1n) is 5.04. The zero-order valence-corrected chi connectivity index (χ0v) is 9.51. The average Bonchev–Trinajstić information content (AvgIpc) is 2.29. The summed E-state index contributed by atoms with van der Waals surface area (Å²) >= 11 is 1.83. The number of ketones is 1. The number of aromatic nitrogens is 1. The fourth-order valence-electron chi connectivity index (χ4n) is 1.62. The Morgan fingerprint density at radius 3 is 3.13 bits per heavy atom. The first-order valence-corrected chi connectivity index (χ1v) is 6.20. The Balaban J connectivity index is 2.12. The highest BCUT2D eigenvalue weighted by molar-refractivity contribution is 7.99. The normalized spacial score (nSPS) is 21.3. The van der Waals surface area contributed by atoms with E-state index in [2.05, 4.69) is 10.3 Å². The summed E-state index contributed by atoms with van der Waals surface area (Å²) in [4.78, 5) is 16.1. The van der Waals surface area contributed by atoms with Crippen molar-refractivity contribution in [1.29, 1.82) is 0 Å². The fourth-order valence-corrected chi connectivity index (χ4v) is 2.56. The van der Waals surface area contributed by atoms with E-state index in [0.29, 0.717) is 0 Å². The minimum absolute atomic E-state index is 0.0349. The maximum Gasteiger partial charge on any atom is 0.182 e. The van der Waals surface area contributed by atoms with Crippen LogP contribution in [0.3, 0.4) is 0 Å². The number of hydrogen-bond donors (Lipinski definition) is 1. The third-order valence-electron chi connectivity index (χ3n) is 2.40. The molecule has 1 N–H and O–H groups in total. The van der Waals surface area contributed by atoms with Crippen LogP contribution in [-0.4, -0.2) is 34.9 Å². The second-order valence-electron chi connectivity index (χ2n) is 3.70. The molecule has 1 aromatic heterocycles. The Bertz CT molecular complexity index is 361. The molecule has 0 aliphatic carbocycles. The minimum Gasteiger partial charge on any atom is -0.306 e. The van der Waals surface area contributed by atoms with Crippen LogP contribution in [0.2, 0.25) is 0 Å². The van der Waals surface area contributed by atoms with Gasteiger partial charge in [0.05, 0.1) is 6.04 Å². The number of nitrogens with zero attached hydrogens (tertiary/aromatic N) is 1. The van der Waals surface area contributed by atoms with Gasteiger partial charge in [0.15, 0.2) is 5.78 Å². The van der Waals surface area contributed by atoms with Crippen LogP contribution in [0.4, 0.5) is 0 Å². The van der Waals surface area contributed by atoms with Crippen LogP contribution < -0.4 is 5.32 Å². The summed E-state index contributed by atoms with van der Waals surface area (Å²) in [5.41, 5.74) is 1.75. The van der Waals surface area contributed by atoms with Crippen molar-refractivity contribution < 1.29 is 4.79 Å². The van der Waals surface area contributed by atoms with Gasteiger partial charge in [-0.15, -0.1) is 0 Å². The van der Waals surface area contributed by atoms with Crippen LogP contribution in [0.25, 0.3) is 0 Å². The molecule has 0 saturated carbocycles. The number of hydrogen-bond acceptors (Lipinski definition) is 4. The third kappa shape index (κ3) is 2.58. The molecule has 15 heavy (non-hydrogen) atoms. The molecule has 3 nitrogen and oxygen atoms in total. The molecule has 2 heterocycles. The van der Waals surface area contributed by atoms with Gasteiger partial charge in [-0.05, 0) is 18.6 Å². The molecular formula is C11H14N2OS. The third-order valence-corrected chi connectivity index (χ3v) is 3.46. The van der Waals surface area contributed by atoms with Crippen LogP contribution in [0.1, 0.15) is 15.9 Å². The Hall–Kier alpha value is -0.870. The fraction of sp³-hybridized carbons (Fsp3) is 0.455. The van der Waals surface area contributed by atoms with E-state index in [9.17, 15) is 4.79 Å². The van der Waals surface area contributed by atoms with Crippen LogP contribution in [0, 0.1) is 6.92 Å². The Labute approximate surface area is 93.7 Å². The molecular weight excluding hydrogens is 208 g/mol. The van der Waals surface area contributed by atoms with E-state index in [1.807, 2.05) is 24.8 Å². The van der Waals surface area contributed by atoms with Gasteiger partial charge in [0.2, 0.25) is 0 Å². The van der Waals surface area contributed by atoms with Crippen molar-refractivity contribution in [3.05, 3.63) is 29.6 Å². The number of pyridine rings is 1. The molecule has 0 bridgehead atoms. The summed E-state index contributed by atoms with van der Waals surface area (Å²) in [6.07, 6.45) is 3.41. The summed E-state index contributed by atoms with van der Waals surface area (Å²) in [7, 11) is 0. The summed E-state index contributed by atoms with van der Waals surface area (Å²) in [5, 5.41) is 3.24. The number of Topliss-reactive ketones (excluding diaryl/α,β-unsaturated/α-hetero) is 1. The monoisotopic (exact) mass is 222 g/mol. The van der Waals surface area contributed by atoms with Crippen molar-refractivity contribution in [1.82, 2.24) is 10.3 Å². The van der Waals surface area contributed by atoms with Gasteiger partial charge < -0.3 is 5.32 Å². The molecule has 1 unspecified atom stereocenters. The topological polar surface area (TPSA) is 42.0 Å². The molecule has 1 aromatic rings. The zero-order valence-electron chi connectivity index (χ0n) is 8.69. The van der Waals surface area contributed by atoms with E-state index >= 15 is 0 Å². The zero-order chi connectivity index (χ0) is 10.7. The van der Waals surface area contributed by atoms with Gasteiger partial charge >= 0.3 is 0 Å². The lowest BCUT2D eigenvalue weighted by Gasteiger charge is -2.21. The first-order chi connectivity index (χ1) is 7.27. The van der Waals surface area contributed by atoms with Crippen molar-refractivity contribution in [2.75, 3.05) is 18.1 Å². The number of carbonyl (C=O) groups is 1. The van der Waals surface area contributed by atoms with Crippen molar-refractivity contribution in [3.63, 3.8) is 0 Å². The molecule has 1 atom stereocenters. The number of carbonyl (C=O) groups excluding carboxylic acids is 1. The van der Waals surface area contributed by atoms with E-state index in [-0.39, 0.29) is 11.8 Å². The van der Waals surface area contributed by atoms with Crippen LogP contribution in [0.15, 0.2) is 18.5 Å². The van der Waals surface area contributed by atoms with Crippen LogP contribution in [0.5, 0.6) is 0 Å². The van der Waals surface area contributed by atoms with Crippen molar-refractivity contribution in [2.45, 2.75) is 13.0 Å². The molecule has 0 radical (unpaired) electrons. The van der Waals surface area contributed by atoms with Gasteiger partial charge in [-0.1, -0.05) is 0 Å². The highest BCUT2D eigenvalue weighted by Crippen LogP contribution is 2.12. The van der Waals surface area contributed by atoms with Gasteiger partial charge in [0.1, 0.15) is 0 Å². The van der Waals surface area contributed by atoms with Crippen molar-refractivity contribution in [3.8, 4) is 0 Å². The van der Waals surface area contributed by atoms with E-state index in [1.54, 1.807) is 12.4 Å². The lowest BCUT2D eigenvalue weighted by molar-refractivity contribution is 0.0952. The highest BCUT2D eigenvalue weighted by Gasteiger charge is 2.22. The standard InChI is InChI=1S/C11H14N2OS/c1-8-4-9(6-12-5-8)11(14)10-7-15-3-2-13-10/h4-6,10,13H,2-3,7H2,1H3. The highest BCUT2D eigenvalue weighted by atomic mass is 32.2. The predicted molar refractivity (Wildman–Crippen MR) is 62.4 cm³/mol. The average molecular weight is 222 g/mol. The smallest absolute Gasteiger partial charge is 0.182 e. The van der Waals surface area contributed by atoms with Gasteiger partial charge in [-0.3, -0.25) is 9.78 Å². The molecule has 0 amide bonds. The maximum absolute atomic E-state index is 12.0. The Kier molecular flexibility index (Phi) is 3.38. The number of rotatable bonds is 2. The molecule has 1 saturated heterocycles. The predicted octanol–water partition coefficient (Wildman–Crippen LogP) is 1.28. The van der Waals surface area contributed by atoms with E-state index in [0.717, 1.165) is 29.2 Å². The van der Waals surface area contributed by atoms with E-state index < -0.39 is 0 Å². The van der Waals surface area contributed by atoms with E-state index in [4.69, 9.17) is 0 Å². The second kappa shape index (κ2) is 4.77. The van der Waals surface area contributed by atoms with Gasteiger partial charge in [-0.25, -0.2) is 0 Å². The summed E-state index contributed by atoms with van der Waals surface area (Å²) in [6, 6.07) is 1.86. The molecule has 80 valence electrons. The maximum atomic E-state index is 12.0. The number of thioether (sulfide) groups is 1. The minimum atomic E-state index is -0.0349. The van der Waals surface area contributed by atoms with Crippen LogP contribution >= 0.6 is 11.8 Å². The number of aryl methyl sites for hydroxylation is 1. The summed E-state index contributed by atoms with van der Waals surface area (Å²) < 4.78 is 0. The first kappa shape index (κ1) is 10.6. The Morgan fingerprint density at radius 2 is 2.47 bits per heavy atom. The number of nitrogens with one attached hydrogen (secondary N) is 1. The Morgan fingerprint density at radius 1 is 1.60 bits per heavy atom. The van der Waals surface area contributed by atoms with Gasteiger partial charge in [0.25, 0.3) is 0 Å². The lowest BCUT2D eigenvalue weighted by Crippen LogP contribution is -2.43. The molecule has 0 spiro atoms. The van der Waals surface area contributed by atoms with E-state index in [1.165, 1.54) is 0 Å². The summed E-state index contributed by atoms with van der Waals surface area (Å²) in [6.45, 7) is 2.87. The molecule has 1 fully saturated rings.